The Labute approximate surface area is 108 Å². The fourth-order valence-electron chi connectivity index (χ4n) is 1.92. The van der Waals surface area contributed by atoms with Crippen molar-refractivity contribution in [3.63, 3.8) is 0 Å². The van der Waals surface area contributed by atoms with Gasteiger partial charge in [-0.3, -0.25) is 4.99 Å². The van der Waals surface area contributed by atoms with Gasteiger partial charge >= 0.3 is 0 Å². The molecule has 0 amide bonds. The normalized spacial score (nSPS) is 11.1. The van der Waals surface area contributed by atoms with E-state index in [-0.39, 0.29) is 5.75 Å². The summed E-state index contributed by atoms with van der Waals surface area (Å²) >= 11 is 0. The maximum atomic E-state index is 9.76. The Morgan fingerprint density at radius 2 is 1.67 bits per heavy atom. The van der Waals surface area contributed by atoms with E-state index in [1.807, 2.05) is 51.1 Å². The zero-order valence-corrected chi connectivity index (χ0v) is 10.9. The highest BCUT2D eigenvalue weighted by Crippen LogP contribution is 2.24. The van der Waals surface area contributed by atoms with Crippen LogP contribution in [0, 0.1) is 20.8 Å². The van der Waals surface area contributed by atoms with E-state index in [2.05, 4.69) is 4.99 Å². The van der Waals surface area contributed by atoms with E-state index in [0.717, 1.165) is 27.9 Å². The summed E-state index contributed by atoms with van der Waals surface area (Å²) < 4.78 is 0. The van der Waals surface area contributed by atoms with Crippen LogP contribution in [-0.2, 0) is 0 Å². The molecule has 0 aliphatic heterocycles. The molecule has 0 bridgehead atoms. The number of phenols is 1. The number of benzene rings is 2. The van der Waals surface area contributed by atoms with Crippen molar-refractivity contribution in [1.29, 1.82) is 0 Å². The molecule has 2 aromatic rings. The molecule has 0 atom stereocenters. The highest BCUT2D eigenvalue weighted by atomic mass is 16.3. The van der Waals surface area contributed by atoms with Crippen LogP contribution in [0.15, 0.2) is 41.4 Å². The van der Waals surface area contributed by atoms with E-state index < -0.39 is 0 Å². The van der Waals surface area contributed by atoms with Gasteiger partial charge in [0.1, 0.15) is 5.75 Å². The number of hydrogen-bond acceptors (Lipinski definition) is 2. The van der Waals surface area contributed by atoms with E-state index in [1.54, 1.807) is 12.3 Å². The van der Waals surface area contributed by atoms with Crippen molar-refractivity contribution >= 4 is 11.9 Å². The van der Waals surface area contributed by atoms with Crippen LogP contribution in [-0.4, -0.2) is 11.3 Å². The minimum absolute atomic E-state index is 0.260. The van der Waals surface area contributed by atoms with Crippen LogP contribution in [0.2, 0.25) is 0 Å². The predicted octanol–water partition coefficient (Wildman–Crippen LogP) is 4.07. The van der Waals surface area contributed by atoms with Gasteiger partial charge in [-0.1, -0.05) is 29.8 Å². The van der Waals surface area contributed by atoms with E-state index in [4.69, 9.17) is 0 Å². The molecule has 2 rings (SSSR count). The number of aromatic hydroxyl groups is 1. The van der Waals surface area contributed by atoms with Gasteiger partial charge in [0.05, 0.1) is 5.69 Å². The minimum atomic E-state index is 0.260. The lowest BCUT2D eigenvalue weighted by atomic mass is 10.1. The second-order valence-corrected chi connectivity index (χ2v) is 4.56. The number of phenolic OH excluding ortho intramolecular Hbond substituents is 1. The third-order valence-corrected chi connectivity index (χ3v) is 2.96. The Hall–Kier alpha value is -2.09. The molecule has 92 valence electrons. The second kappa shape index (κ2) is 5.05. The maximum absolute atomic E-state index is 9.76. The molecule has 2 aromatic carbocycles. The molecule has 0 aliphatic carbocycles. The first kappa shape index (κ1) is 12.4. The van der Waals surface area contributed by atoms with Gasteiger partial charge in [0, 0.05) is 11.8 Å². The van der Waals surface area contributed by atoms with Crippen molar-refractivity contribution in [3.8, 4) is 5.75 Å². The third-order valence-electron chi connectivity index (χ3n) is 2.96. The molecular weight excluding hydrogens is 222 g/mol. The summed E-state index contributed by atoms with van der Waals surface area (Å²) in [5.74, 6) is 0.260. The molecule has 18 heavy (non-hydrogen) atoms. The SMILES string of the molecule is Cc1ccc(O)c(C=Nc2c(C)cccc2C)c1. The molecule has 2 nitrogen and oxygen atoms in total. The van der Waals surface area contributed by atoms with Gasteiger partial charge in [-0.25, -0.2) is 0 Å². The first-order chi connectivity index (χ1) is 8.58. The van der Waals surface area contributed by atoms with Crippen LogP contribution < -0.4 is 0 Å². The number of hydrogen-bond donors (Lipinski definition) is 1. The molecule has 0 spiro atoms. The zero-order chi connectivity index (χ0) is 13.1. The standard InChI is InChI=1S/C16H17NO/c1-11-7-8-15(18)14(9-11)10-17-16-12(2)5-4-6-13(16)3/h4-10,18H,1-3H3. The van der Waals surface area contributed by atoms with Crippen LogP contribution >= 0.6 is 0 Å². The lowest BCUT2D eigenvalue weighted by Crippen LogP contribution is -1.86. The Kier molecular flexibility index (Phi) is 3.47. The molecule has 0 saturated carbocycles. The number of rotatable bonds is 2. The van der Waals surface area contributed by atoms with Crippen molar-refractivity contribution < 1.29 is 5.11 Å². The second-order valence-electron chi connectivity index (χ2n) is 4.56. The van der Waals surface area contributed by atoms with E-state index in [0.29, 0.717) is 0 Å². The van der Waals surface area contributed by atoms with Gasteiger partial charge in [-0.15, -0.1) is 0 Å². The van der Waals surface area contributed by atoms with Gasteiger partial charge < -0.3 is 5.11 Å². The van der Waals surface area contributed by atoms with Crippen molar-refractivity contribution in [1.82, 2.24) is 0 Å². The van der Waals surface area contributed by atoms with Crippen molar-refractivity contribution in [3.05, 3.63) is 58.7 Å². The number of aliphatic imine (C=N–C) groups is 1. The first-order valence-corrected chi connectivity index (χ1v) is 5.98. The molecule has 2 heteroatoms. The molecule has 0 radical (unpaired) electrons. The summed E-state index contributed by atoms with van der Waals surface area (Å²) in [6, 6.07) is 11.6. The summed E-state index contributed by atoms with van der Waals surface area (Å²) in [5, 5.41) is 9.76. The van der Waals surface area contributed by atoms with E-state index >= 15 is 0 Å². The lowest BCUT2D eigenvalue weighted by molar-refractivity contribution is 0.474. The molecular formula is C16H17NO. The van der Waals surface area contributed by atoms with E-state index in [9.17, 15) is 5.11 Å². The summed E-state index contributed by atoms with van der Waals surface area (Å²) in [6.07, 6.45) is 1.72. The molecule has 0 saturated heterocycles. The average molecular weight is 239 g/mol. The summed E-state index contributed by atoms with van der Waals surface area (Å²) in [4.78, 5) is 4.49. The van der Waals surface area contributed by atoms with Crippen molar-refractivity contribution in [2.24, 2.45) is 4.99 Å². The zero-order valence-electron chi connectivity index (χ0n) is 10.9. The van der Waals surface area contributed by atoms with Crippen LogP contribution in [0.1, 0.15) is 22.3 Å². The number of para-hydroxylation sites is 1. The highest BCUT2D eigenvalue weighted by molar-refractivity contribution is 5.86. The maximum Gasteiger partial charge on any atom is 0.124 e. The predicted molar refractivity (Wildman–Crippen MR) is 76.0 cm³/mol. The lowest BCUT2D eigenvalue weighted by Gasteiger charge is -2.04. The Morgan fingerprint density at radius 1 is 1.00 bits per heavy atom. The van der Waals surface area contributed by atoms with Crippen LogP contribution in [0.3, 0.4) is 0 Å². The van der Waals surface area contributed by atoms with Crippen LogP contribution in [0.5, 0.6) is 5.75 Å². The van der Waals surface area contributed by atoms with Gasteiger partial charge in [0.15, 0.2) is 0 Å². The molecule has 0 heterocycles. The van der Waals surface area contributed by atoms with E-state index in [1.165, 1.54) is 0 Å². The van der Waals surface area contributed by atoms with Crippen LogP contribution in [0.25, 0.3) is 0 Å². The topological polar surface area (TPSA) is 32.6 Å². The fraction of sp³-hybridized carbons (Fsp3) is 0.188. The molecule has 1 N–H and O–H groups in total. The third kappa shape index (κ3) is 2.59. The molecule has 0 aromatic heterocycles. The molecule has 0 unspecified atom stereocenters. The average Bonchev–Trinajstić information content (AvgIpc) is 2.33. The number of nitrogens with zero attached hydrogens (tertiary/aromatic N) is 1. The quantitative estimate of drug-likeness (QED) is 0.787. The fourth-order valence-corrected chi connectivity index (χ4v) is 1.92. The van der Waals surface area contributed by atoms with Gasteiger partial charge in [0.2, 0.25) is 0 Å². The summed E-state index contributed by atoms with van der Waals surface area (Å²) in [6.45, 7) is 6.07. The van der Waals surface area contributed by atoms with Gasteiger partial charge in [-0.2, -0.15) is 0 Å². The van der Waals surface area contributed by atoms with Crippen molar-refractivity contribution in [2.75, 3.05) is 0 Å². The Balaban J connectivity index is 2.39. The Bertz CT molecular complexity index is 580. The minimum Gasteiger partial charge on any atom is -0.507 e. The smallest absolute Gasteiger partial charge is 0.124 e. The Morgan fingerprint density at radius 3 is 2.33 bits per heavy atom. The largest absolute Gasteiger partial charge is 0.507 e. The molecule has 0 fully saturated rings. The first-order valence-electron chi connectivity index (χ1n) is 5.98. The van der Waals surface area contributed by atoms with Crippen LogP contribution in [0.4, 0.5) is 5.69 Å². The molecule has 0 aliphatic rings. The summed E-state index contributed by atoms with van der Waals surface area (Å²) in [5.41, 5.74) is 5.10. The summed E-state index contributed by atoms with van der Waals surface area (Å²) in [7, 11) is 0. The van der Waals surface area contributed by atoms with Gasteiger partial charge in [0.25, 0.3) is 0 Å². The van der Waals surface area contributed by atoms with Crippen molar-refractivity contribution in [2.45, 2.75) is 20.8 Å². The monoisotopic (exact) mass is 239 g/mol. The number of aryl methyl sites for hydroxylation is 3. The highest BCUT2D eigenvalue weighted by Gasteiger charge is 2.01. The van der Waals surface area contributed by atoms with Gasteiger partial charge in [-0.05, 0) is 44.0 Å².